The second kappa shape index (κ2) is 6.50. The Bertz CT molecular complexity index is 887. The number of nitrogens with zero attached hydrogens (tertiary/aromatic N) is 1. The molecular weight excluding hydrogens is 310 g/mol. The van der Waals surface area contributed by atoms with Crippen LogP contribution < -0.4 is 10.9 Å². The van der Waals surface area contributed by atoms with E-state index in [0.717, 1.165) is 11.1 Å². The molecule has 6 heteroatoms. The number of benzene rings is 2. The predicted octanol–water partition coefficient (Wildman–Crippen LogP) is 3.57. The highest BCUT2D eigenvalue weighted by Gasteiger charge is 2.10. The zero-order valence-corrected chi connectivity index (χ0v) is 12.9. The lowest BCUT2D eigenvalue weighted by molar-refractivity contribution is 0.270. The SMILES string of the molecule is O=C(S)Nc1cc(-c2ccccc2)ccc1-c1ccc(=O)[nH]n1. The summed E-state index contributed by atoms with van der Waals surface area (Å²) in [5.41, 5.74) is 3.53. The minimum Gasteiger partial charge on any atom is -0.316 e. The van der Waals surface area contributed by atoms with Gasteiger partial charge in [-0.2, -0.15) is 5.10 Å². The minimum atomic E-state index is -0.471. The summed E-state index contributed by atoms with van der Waals surface area (Å²) in [6.07, 6.45) is 0. The fourth-order valence-corrected chi connectivity index (χ4v) is 2.41. The van der Waals surface area contributed by atoms with Crippen molar-refractivity contribution in [1.82, 2.24) is 10.2 Å². The van der Waals surface area contributed by atoms with Gasteiger partial charge in [-0.25, -0.2) is 5.10 Å². The lowest BCUT2D eigenvalue weighted by Gasteiger charge is -2.11. The third-order valence-electron chi connectivity index (χ3n) is 3.32. The number of rotatable bonds is 3. The van der Waals surface area contributed by atoms with E-state index in [1.54, 1.807) is 6.07 Å². The van der Waals surface area contributed by atoms with Gasteiger partial charge in [0.05, 0.1) is 11.4 Å². The number of nitrogens with one attached hydrogen (secondary N) is 2. The van der Waals surface area contributed by atoms with Crippen LogP contribution in [0, 0.1) is 0 Å². The van der Waals surface area contributed by atoms with E-state index < -0.39 is 5.24 Å². The Morgan fingerprint density at radius 2 is 1.78 bits per heavy atom. The van der Waals surface area contributed by atoms with E-state index in [4.69, 9.17) is 0 Å². The second-order valence-corrected chi connectivity index (χ2v) is 5.27. The highest BCUT2D eigenvalue weighted by atomic mass is 32.1. The van der Waals surface area contributed by atoms with Crippen LogP contribution in [0.1, 0.15) is 0 Å². The average molecular weight is 323 g/mol. The standard InChI is InChI=1S/C17H13N3O2S/c21-16-9-8-14(19-20-16)13-7-6-12(10-15(13)18-17(22)23)11-4-2-1-3-5-11/h1-10H,(H,20,21)(H2,18,22,23). The molecular formula is C17H13N3O2S. The number of anilines is 1. The highest BCUT2D eigenvalue weighted by molar-refractivity contribution is 7.96. The van der Waals surface area contributed by atoms with Crippen LogP contribution in [0.25, 0.3) is 22.4 Å². The molecule has 2 N–H and O–H groups in total. The Kier molecular flexibility index (Phi) is 4.25. The maximum absolute atomic E-state index is 11.4. The molecule has 0 atom stereocenters. The van der Waals surface area contributed by atoms with E-state index in [0.29, 0.717) is 16.9 Å². The molecule has 0 spiro atoms. The van der Waals surface area contributed by atoms with E-state index in [9.17, 15) is 9.59 Å². The number of aromatic nitrogens is 2. The number of hydrogen-bond acceptors (Lipinski definition) is 3. The summed E-state index contributed by atoms with van der Waals surface area (Å²) in [5, 5.41) is 8.61. The summed E-state index contributed by atoms with van der Waals surface area (Å²) in [7, 11) is 0. The van der Waals surface area contributed by atoms with Crippen LogP contribution in [0.5, 0.6) is 0 Å². The van der Waals surface area contributed by atoms with E-state index in [1.807, 2.05) is 48.5 Å². The van der Waals surface area contributed by atoms with Crippen LogP contribution in [-0.2, 0) is 0 Å². The number of H-pyrrole nitrogens is 1. The van der Waals surface area contributed by atoms with Gasteiger partial charge < -0.3 is 5.32 Å². The molecule has 0 saturated heterocycles. The molecule has 3 aromatic rings. The number of hydrogen-bond donors (Lipinski definition) is 3. The van der Waals surface area contributed by atoms with E-state index >= 15 is 0 Å². The molecule has 1 aromatic heterocycles. The van der Waals surface area contributed by atoms with Gasteiger partial charge >= 0.3 is 0 Å². The van der Waals surface area contributed by atoms with Crippen LogP contribution in [-0.4, -0.2) is 15.4 Å². The monoisotopic (exact) mass is 323 g/mol. The molecule has 0 aliphatic carbocycles. The Hall–Kier alpha value is -2.86. The Morgan fingerprint density at radius 3 is 2.43 bits per heavy atom. The number of carbonyl (C=O) groups is 1. The molecule has 0 unspecified atom stereocenters. The molecule has 0 saturated carbocycles. The summed E-state index contributed by atoms with van der Waals surface area (Å²) >= 11 is 3.78. The average Bonchev–Trinajstić information content (AvgIpc) is 2.56. The molecule has 0 aliphatic heterocycles. The van der Waals surface area contributed by atoms with Crippen LogP contribution in [0.4, 0.5) is 10.5 Å². The molecule has 23 heavy (non-hydrogen) atoms. The molecule has 3 rings (SSSR count). The second-order valence-electron chi connectivity index (χ2n) is 4.86. The van der Waals surface area contributed by atoms with Crippen molar-refractivity contribution in [3.05, 3.63) is 71.0 Å². The van der Waals surface area contributed by atoms with Crippen molar-refractivity contribution < 1.29 is 4.79 Å². The van der Waals surface area contributed by atoms with Gasteiger partial charge in [0.15, 0.2) is 0 Å². The van der Waals surface area contributed by atoms with Crippen LogP contribution in [0.3, 0.4) is 0 Å². The number of thiol groups is 1. The maximum atomic E-state index is 11.4. The first-order chi connectivity index (χ1) is 11.1. The summed E-state index contributed by atoms with van der Waals surface area (Å²) in [5.74, 6) is 0. The van der Waals surface area contributed by atoms with Gasteiger partial charge in [0.2, 0.25) is 0 Å². The zero-order valence-electron chi connectivity index (χ0n) is 12.0. The lowest BCUT2D eigenvalue weighted by atomic mass is 10.0. The van der Waals surface area contributed by atoms with Gasteiger partial charge in [-0.1, -0.05) is 55.1 Å². The smallest absolute Gasteiger partial charge is 0.280 e. The molecule has 0 bridgehead atoms. The van der Waals surface area contributed by atoms with Crippen LogP contribution in [0.15, 0.2) is 65.5 Å². The molecule has 0 radical (unpaired) electrons. The maximum Gasteiger partial charge on any atom is 0.280 e. The lowest BCUT2D eigenvalue weighted by Crippen LogP contribution is -2.07. The van der Waals surface area contributed by atoms with E-state index in [-0.39, 0.29) is 5.56 Å². The fraction of sp³-hybridized carbons (Fsp3) is 0. The quantitative estimate of drug-likeness (QED) is 0.645. The summed E-state index contributed by atoms with van der Waals surface area (Å²) in [6, 6.07) is 18.4. The van der Waals surface area contributed by atoms with Gasteiger partial charge in [0.25, 0.3) is 10.8 Å². The fourth-order valence-electron chi connectivity index (χ4n) is 2.29. The van der Waals surface area contributed by atoms with Crippen molar-refractivity contribution in [2.75, 3.05) is 5.32 Å². The van der Waals surface area contributed by atoms with Crippen molar-refractivity contribution in [3.8, 4) is 22.4 Å². The molecule has 2 aromatic carbocycles. The number of carbonyl (C=O) groups excluding carboxylic acids is 1. The first-order valence-corrected chi connectivity index (χ1v) is 7.34. The Labute approximate surface area is 137 Å². The molecule has 114 valence electrons. The summed E-state index contributed by atoms with van der Waals surface area (Å²) in [6.45, 7) is 0. The highest BCUT2D eigenvalue weighted by Crippen LogP contribution is 2.31. The van der Waals surface area contributed by atoms with Gasteiger partial charge in [0.1, 0.15) is 0 Å². The number of amides is 1. The minimum absolute atomic E-state index is 0.283. The van der Waals surface area contributed by atoms with Crippen molar-refractivity contribution in [1.29, 1.82) is 0 Å². The van der Waals surface area contributed by atoms with Gasteiger partial charge in [-0.3, -0.25) is 9.59 Å². The summed E-state index contributed by atoms with van der Waals surface area (Å²) < 4.78 is 0. The van der Waals surface area contributed by atoms with Gasteiger partial charge in [-0.05, 0) is 23.3 Å². The van der Waals surface area contributed by atoms with Crippen LogP contribution >= 0.6 is 12.6 Å². The van der Waals surface area contributed by atoms with E-state index in [2.05, 4.69) is 28.1 Å². The molecule has 1 amide bonds. The molecule has 5 nitrogen and oxygen atoms in total. The van der Waals surface area contributed by atoms with Crippen molar-refractivity contribution in [2.45, 2.75) is 0 Å². The van der Waals surface area contributed by atoms with Crippen molar-refractivity contribution >= 4 is 23.6 Å². The van der Waals surface area contributed by atoms with Crippen molar-refractivity contribution in [2.24, 2.45) is 0 Å². The van der Waals surface area contributed by atoms with E-state index in [1.165, 1.54) is 6.07 Å². The van der Waals surface area contributed by atoms with Gasteiger partial charge in [0, 0.05) is 11.6 Å². The Morgan fingerprint density at radius 1 is 1.00 bits per heavy atom. The zero-order chi connectivity index (χ0) is 16.2. The predicted molar refractivity (Wildman–Crippen MR) is 93.7 cm³/mol. The summed E-state index contributed by atoms with van der Waals surface area (Å²) in [4.78, 5) is 22.5. The molecule has 0 aliphatic rings. The topological polar surface area (TPSA) is 74.8 Å². The first-order valence-electron chi connectivity index (χ1n) is 6.89. The first kappa shape index (κ1) is 15.1. The van der Waals surface area contributed by atoms with Crippen molar-refractivity contribution in [3.63, 3.8) is 0 Å². The third kappa shape index (κ3) is 3.49. The Balaban J connectivity index is 2.11. The number of aromatic amines is 1. The third-order valence-corrected chi connectivity index (χ3v) is 3.44. The largest absolute Gasteiger partial charge is 0.316 e. The molecule has 0 fully saturated rings. The van der Waals surface area contributed by atoms with Gasteiger partial charge in [-0.15, -0.1) is 0 Å². The normalized spacial score (nSPS) is 10.3. The molecule has 1 heterocycles. The van der Waals surface area contributed by atoms with Crippen LogP contribution in [0.2, 0.25) is 0 Å².